The van der Waals surface area contributed by atoms with Crippen molar-refractivity contribution in [3.8, 4) is 0 Å². The second kappa shape index (κ2) is 11.4. The van der Waals surface area contributed by atoms with E-state index in [1.807, 2.05) is 0 Å². The first-order valence-electron chi connectivity index (χ1n) is 11.7. The number of carboxylic acid groups (broad SMARTS) is 1. The third-order valence-electron chi connectivity index (χ3n) is 6.60. The predicted octanol–water partition coefficient (Wildman–Crippen LogP) is 3.17. The van der Waals surface area contributed by atoms with E-state index in [9.17, 15) is 27.9 Å². The lowest BCUT2D eigenvalue weighted by molar-refractivity contribution is -0.159. The van der Waals surface area contributed by atoms with Crippen LogP contribution in [0.3, 0.4) is 0 Å². The Hall–Kier alpha value is -2.95. The Morgan fingerprint density at radius 3 is 2.28 bits per heavy atom. The second-order valence-corrected chi connectivity index (χ2v) is 11.1. The SMILES string of the molecule is CCNC(=O)c1ccc(CN(C2CCCCCC2(C(N)=O)C(=O)O)S(=O)(=O)c2ccc(Cl)cc2)cc1. The normalized spacial score (nSPS) is 20.5. The minimum atomic E-state index is -4.28. The molecule has 0 heterocycles. The van der Waals surface area contributed by atoms with E-state index >= 15 is 0 Å². The molecule has 2 amide bonds. The smallest absolute Gasteiger partial charge is 0.320 e. The highest BCUT2D eigenvalue weighted by Gasteiger charge is 2.56. The molecular formula is C25H30ClN3O6S. The first-order valence-corrected chi connectivity index (χ1v) is 13.5. The molecule has 3 rings (SSSR count). The number of nitrogens with zero attached hydrogens (tertiary/aromatic N) is 1. The van der Waals surface area contributed by atoms with E-state index < -0.39 is 33.4 Å². The van der Waals surface area contributed by atoms with Crippen molar-refractivity contribution in [3.63, 3.8) is 0 Å². The average Bonchev–Trinajstić information content (AvgIpc) is 3.07. The van der Waals surface area contributed by atoms with E-state index in [4.69, 9.17) is 17.3 Å². The third-order valence-corrected chi connectivity index (χ3v) is 8.72. The van der Waals surface area contributed by atoms with Crippen LogP contribution in [0.2, 0.25) is 5.02 Å². The van der Waals surface area contributed by atoms with Gasteiger partial charge in [-0.3, -0.25) is 14.4 Å². The van der Waals surface area contributed by atoms with Crippen molar-refractivity contribution in [2.45, 2.75) is 56.5 Å². The molecule has 0 bridgehead atoms. The summed E-state index contributed by atoms with van der Waals surface area (Å²) in [5.74, 6) is -2.77. The van der Waals surface area contributed by atoms with Crippen LogP contribution in [0.5, 0.6) is 0 Å². The van der Waals surface area contributed by atoms with Crippen molar-refractivity contribution >= 4 is 39.4 Å². The van der Waals surface area contributed by atoms with Gasteiger partial charge in [-0.2, -0.15) is 4.31 Å². The summed E-state index contributed by atoms with van der Waals surface area (Å²) in [5, 5.41) is 13.2. The van der Waals surface area contributed by atoms with Gasteiger partial charge < -0.3 is 16.2 Å². The van der Waals surface area contributed by atoms with Gasteiger partial charge >= 0.3 is 5.97 Å². The fraction of sp³-hybridized carbons (Fsp3) is 0.400. The summed E-state index contributed by atoms with van der Waals surface area (Å²) in [5.41, 5.74) is 4.51. The average molecular weight is 536 g/mol. The fourth-order valence-corrected chi connectivity index (χ4v) is 6.49. The first kappa shape index (κ1) is 27.6. The number of rotatable bonds is 9. The van der Waals surface area contributed by atoms with E-state index in [2.05, 4.69) is 5.32 Å². The molecule has 1 aliphatic rings. The zero-order chi connectivity index (χ0) is 26.5. The number of aliphatic carboxylic acids is 1. The number of carbonyl (C=O) groups excluding carboxylic acids is 2. The molecule has 0 saturated heterocycles. The lowest BCUT2D eigenvalue weighted by atomic mass is 9.75. The molecule has 194 valence electrons. The van der Waals surface area contributed by atoms with Gasteiger partial charge in [-0.1, -0.05) is 43.0 Å². The van der Waals surface area contributed by atoms with Crippen molar-refractivity contribution in [3.05, 3.63) is 64.7 Å². The van der Waals surface area contributed by atoms with Crippen LogP contribution in [0.4, 0.5) is 0 Å². The number of amides is 2. The molecule has 1 aliphatic carbocycles. The molecule has 0 radical (unpaired) electrons. The van der Waals surface area contributed by atoms with Crippen molar-refractivity contribution in [2.24, 2.45) is 11.1 Å². The predicted molar refractivity (Wildman–Crippen MR) is 135 cm³/mol. The summed E-state index contributed by atoms with van der Waals surface area (Å²) in [6, 6.07) is 10.7. The Morgan fingerprint density at radius 2 is 1.72 bits per heavy atom. The van der Waals surface area contributed by atoms with Crippen molar-refractivity contribution in [1.29, 1.82) is 0 Å². The van der Waals surface area contributed by atoms with E-state index in [1.54, 1.807) is 31.2 Å². The van der Waals surface area contributed by atoms with Crippen LogP contribution in [-0.4, -0.2) is 48.2 Å². The maximum absolute atomic E-state index is 13.9. The number of nitrogens with one attached hydrogen (secondary N) is 1. The third kappa shape index (κ3) is 5.55. The number of hydrogen-bond donors (Lipinski definition) is 3. The molecule has 2 aromatic rings. The Kier molecular flexibility index (Phi) is 8.76. The van der Waals surface area contributed by atoms with E-state index in [1.165, 1.54) is 24.3 Å². The number of halogens is 1. The number of sulfonamides is 1. The Bertz CT molecular complexity index is 1200. The molecule has 0 aromatic heterocycles. The quantitative estimate of drug-likeness (QED) is 0.332. The lowest BCUT2D eigenvalue weighted by Gasteiger charge is -2.40. The first-order chi connectivity index (χ1) is 17.0. The zero-order valence-corrected chi connectivity index (χ0v) is 21.5. The van der Waals surface area contributed by atoms with Gasteiger partial charge in [-0.25, -0.2) is 8.42 Å². The molecule has 0 spiro atoms. The van der Waals surface area contributed by atoms with Gasteiger partial charge in [0.1, 0.15) is 0 Å². The van der Waals surface area contributed by atoms with Gasteiger partial charge in [0.15, 0.2) is 5.41 Å². The van der Waals surface area contributed by atoms with Gasteiger partial charge in [-0.15, -0.1) is 0 Å². The molecule has 2 unspecified atom stereocenters. The summed E-state index contributed by atoms with van der Waals surface area (Å²) in [6.07, 6.45) is 1.70. The number of benzene rings is 2. The molecule has 0 aliphatic heterocycles. The Morgan fingerprint density at radius 1 is 1.08 bits per heavy atom. The summed E-state index contributed by atoms with van der Waals surface area (Å²) >= 11 is 5.95. The number of carbonyl (C=O) groups is 3. The number of hydrogen-bond acceptors (Lipinski definition) is 5. The molecule has 2 aromatic carbocycles. The number of nitrogens with two attached hydrogens (primary N) is 1. The zero-order valence-electron chi connectivity index (χ0n) is 19.9. The van der Waals surface area contributed by atoms with Crippen LogP contribution in [-0.2, 0) is 26.2 Å². The highest BCUT2D eigenvalue weighted by molar-refractivity contribution is 7.89. The number of carboxylic acids is 1. The highest BCUT2D eigenvalue weighted by Crippen LogP contribution is 2.41. The summed E-state index contributed by atoms with van der Waals surface area (Å²) < 4.78 is 28.9. The standard InChI is InChI=1S/C25H30ClN3O6S/c1-2-28-22(30)18-9-7-17(8-10-18)16-29(36(34,35)20-13-11-19(26)12-14-20)21-6-4-3-5-15-25(21,23(27)31)24(32)33/h7-14,21H,2-6,15-16H2,1H3,(H2,27,31)(H,28,30)(H,32,33). The van der Waals surface area contributed by atoms with E-state index in [0.29, 0.717) is 42.0 Å². The topological polar surface area (TPSA) is 147 Å². The Balaban J connectivity index is 2.13. The van der Waals surface area contributed by atoms with Gasteiger partial charge in [0.2, 0.25) is 15.9 Å². The van der Waals surface area contributed by atoms with E-state index in [0.717, 1.165) is 4.31 Å². The van der Waals surface area contributed by atoms with Gasteiger partial charge in [-0.05, 0) is 61.7 Å². The van der Waals surface area contributed by atoms with Gasteiger partial charge in [0.25, 0.3) is 5.91 Å². The largest absolute Gasteiger partial charge is 0.480 e. The van der Waals surface area contributed by atoms with Crippen LogP contribution < -0.4 is 11.1 Å². The van der Waals surface area contributed by atoms with Crippen molar-refractivity contribution in [2.75, 3.05) is 6.54 Å². The Labute approximate surface area is 215 Å². The minimum absolute atomic E-state index is 0.0644. The van der Waals surface area contributed by atoms with E-state index in [-0.39, 0.29) is 30.2 Å². The van der Waals surface area contributed by atoms with Gasteiger partial charge in [0, 0.05) is 23.7 Å². The molecule has 36 heavy (non-hydrogen) atoms. The highest BCUT2D eigenvalue weighted by atomic mass is 35.5. The summed E-state index contributed by atoms with van der Waals surface area (Å²) in [4.78, 5) is 37.3. The van der Waals surface area contributed by atoms with Crippen LogP contribution in [0.15, 0.2) is 53.4 Å². The monoisotopic (exact) mass is 535 g/mol. The van der Waals surface area contributed by atoms with Crippen LogP contribution in [0.1, 0.15) is 54.9 Å². The molecule has 9 nitrogen and oxygen atoms in total. The molecule has 1 fully saturated rings. The van der Waals surface area contributed by atoms with Crippen LogP contribution in [0, 0.1) is 5.41 Å². The van der Waals surface area contributed by atoms with Crippen molar-refractivity contribution in [1.82, 2.24) is 9.62 Å². The molecule has 11 heteroatoms. The number of primary amides is 1. The summed E-state index contributed by atoms with van der Waals surface area (Å²) in [7, 11) is -4.28. The van der Waals surface area contributed by atoms with Crippen molar-refractivity contribution < 1.29 is 27.9 Å². The molecular weight excluding hydrogens is 506 g/mol. The van der Waals surface area contributed by atoms with Gasteiger partial charge in [0.05, 0.1) is 10.9 Å². The van der Waals surface area contributed by atoms with Crippen LogP contribution >= 0.6 is 11.6 Å². The molecule has 4 N–H and O–H groups in total. The molecule has 1 saturated carbocycles. The fourth-order valence-electron chi connectivity index (χ4n) is 4.67. The molecule has 2 atom stereocenters. The summed E-state index contributed by atoms with van der Waals surface area (Å²) in [6.45, 7) is 2.04. The maximum atomic E-state index is 13.9. The second-order valence-electron chi connectivity index (χ2n) is 8.82. The maximum Gasteiger partial charge on any atom is 0.320 e. The van der Waals surface area contributed by atoms with Crippen LogP contribution in [0.25, 0.3) is 0 Å². The lowest BCUT2D eigenvalue weighted by Crippen LogP contribution is -2.59. The minimum Gasteiger partial charge on any atom is -0.480 e.